The van der Waals surface area contributed by atoms with Gasteiger partial charge in [-0.25, -0.2) is 0 Å². The molecule has 100 valence electrons. The van der Waals surface area contributed by atoms with Crippen LogP contribution in [0.25, 0.3) is 0 Å². The van der Waals surface area contributed by atoms with Gasteiger partial charge in [-0.15, -0.1) is 11.6 Å². The first-order chi connectivity index (χ1) is 8.49. The molecule has 0 spiro atoms. The fourth-order valence-corrected chi connectivity index (χ4v) is 1.72. The van der Waals surface area contributed by atoms with Crippen molar-refractivity contribution >= 4 is 17.5 Å². The van der Waals surface area contributed by atoms with Crippen LogP contribution in [0.2, 0.25) is 0 Å². The molecule has 0 saturated carbocycles. The first-order valence-electron chi connectivity index (χ1n) is 5.66. The summed E-state index contributed by atoms with van der Waals surface area (Å²) in [5.74, 6) is 0.936. The number of carbonyl (C=O) groups is 1. The van der Waals surface area contributed by atoms with Gasteiger partial charge in [-0.2, -0.15) is 0 Å². The van der Waals surface area contributed by atoms with Crippen molar-refractivity contribution in [3.8, 4) is 11.5 Å². The highest BCUT2D eigenvalue weighted by atomic mass is 35.5. The number of hydrogen-bond acceptors (Lipinski definition) is 3. The Morgan fingerprint density at radius 1 is 1.22 bits per heavy atom. The summed E-state index contributed by atoms with van der Waals surface area (Å²) in [5.41, 5.74) is 0.674. The second-order valence-corrected chi connectivity index (χ2v) is 4.58. The summed E-state index contributed by atoms with van der Waals surface area (Å²) in [5, 5.41) is 2.02. The highest BCUT2D eigenvalue weighted by Gasteiger charge is 2.19. The molecule has 0 aliphatic rings. The van der Waals surface area contributed by atoms with Crippen LogP contribution in [0.15, 0.2) is 18.2 Å². The van der Waals surface area contributed by atoms with Crippen LogP contribution in [0.3, 0.4) is 0 Å². The SMILES string of the molecule is COc1ccc(C(Cl)C(=O)NC(C)C)cc1OC. The van der Waals surface area contributed by atoms with E-state index in [1.807, 2.05) is 13.8 Å². The van der Waals surface area contributed by atoms with Gasteiger partial charge in [0.15, 0.2) is 11.5 Å². The smallest absolute Gasteiger partial charge is 0.242 e. The number of carbonyl (C=O) groups excluding carboxylic acids is 1. The second-order valence-electron chi connectivity index (χ2n) is 4.14. The van der Waals surface area contributed by atoms with Crippen LogP contribution in [0, 0.1) is 0 Å². The summed E-state index contributed by atoms with van der Waals surface area (Å²) in [6.07, 6.45) is 0. The third kappa shape index (κ3) is 3.53. The minimum absolute atomic E-state index is 0.0545. The Labute approximate surface area is 112 Å². The van der Waals surface area contributed by atoms with E-state index in [2.05, 4.69) is 5.32 Å². The molecule has 1 aromatic rings. The van der Waals surface area contributed by atoms with E-state index in [1.54, 1.807) is 32.4 Å². The van der Waals surface area contributed by atoms with E-state index in [9.17, 15) is 4.79 Å². The molecule has 18 heavy (non-hydrogen) atoms. The summed E-state index contributed by atoms with van der Waals surface area (Å²) >= 11 is 6.12. The first kappa shape index (κ1) is 14.6. The van der Waals surface area contributed by atoms with Crippen molar-refractivity contribution in [1.82, 2.24) is 5.32 Å². The van der Waals surface area contributed by atoms with E-state index in [4.69, 9.17) is 21.1 Å². The van der Waals surface area contributed by atoms with Gasteiger partial charge in [0, 0.05) is 6.04 Å². The van der Waals surface area contributed by atoms with Gasteiger partial charge >= 0.3 is 0 Å². The van der Waals surface area contributed by atoms with Gasteiger partial charge in [0.1, 0.15) is 5.38 Å². The van der Waals surface area contributed by atoms with Crippen LogP contribution < -0.4 is 14.8 Å². The predicted octanol–water partition coefficient (Wildman–Crippen LogP) is 2.51. The van der Waals surface area contributed by atoms with Crippen molar-refractivity contribution < 1.29 is 14.3 Å². The van der Waals surface area contributed by atoms with Crippen LogP contribution in [-0.2, 0) is 4.79 Å². The van der Waals surface area contributed by atoms with Gasteiger partial charge in [-0.3, -0.25) is 4.79 Å². The fourth-order valence-electron chi connectivity index (χ4n) is 1.52. The maximum absolute atomic E-state index is 11.8. The van der Waals surface area contributed by atoms with Crippen molar-refractivity contribution in [2.75, 3.05) is 14.2 Å². The quantitative estimate of drug-likeness (QED) is 0.837. The summed E-state index contributed by atoms with van der Waals surface area (Å²) in [7, 11) is 3.10. The van der Waals surface area contributed by atoms with Gasteiger partial charge in [-0.05, 0) is 31.5 Å². The average Bonchev–Trinajstić information content (AvgIpc) is 2.36. The topological polar surface area (TPSA) is 47.6 Å². The maximum atomic E-state index is 11.8. The van der Waals surface area contributed by atoms with Crippen LogP contribution in [0.1, 0.15) is 24.8 Å². The molecular weight excluding hydrogens is 254 g/mol. The molecule has 4 nitrogen and oxygen atoms in total. The Bertz CT molecular complexity index is 421. The first-order valence-corrected chi connectivity index (χ1v) is 6.09. The Balaban J connectivity index is 2.92. The van der Waals surface area contributed by atoms with Crippen LogP contribution >= 0.6 is 11.6 Å². The van der Waals surface area contributed by atoms with Crippen LogP contribution in [-0.4, -0.2) is 26.2 Å². The molecule has 0 radical (unpaired) electrons. The fraction of sp³-hybridized carbons (Fsp3) is 0.462. The zero-order chi connectivity index (χ0) is 13.7. The molecule has 0 fully saturated rings. The molecular formula is C13H18ClNO3. The van der Waals surface area contributed by atoms with Crippen LogP contribution in [0.5, 0.6) is 11.5 Å². The lowest BCUT2D eigenvalue weighted by atomic mass is 10.1. The monoisotopic (exact) mass is 271 g/mol. The zero-order valence-electron chi connectivity index (χ0n) is 11.0. The van der Waals surface area contributed by atoms with Gasteiger partial charge in [-0.1, -0.05) is 6.07 Å². The van der Waals surface area contributed by atoms with Crippen LogP contribution in [0.4, 0.5) is 0 Å². The Kier molecular flexibility index (Phi) is 5.28. The Morgan fingerprint density at radius 2 is 1.83 bits per heavy atom. The molecule has 1 amide bonds. The summed E-state index contributed by atoms with van der Waals surface area (Å²) in [6, 6.07) is 5.24. The molecule has 1 rings (SSSR count). The lowest BCUT2D eigenvalue weighted by molar-refractivity contribution is -0.121. The number of halogens is 1. The van der Waals surface area contributed by atoms with E-state index in [0.717, 1.165) is 0 Å². The molecule has 0 bridgehead atoms. The molecule has 0 aromatic heterocycles. The Hall–Kier alpha value is -1.42. The molecule has 1 unspecified atom stereocenters. The molecule has 5 heteroatoms. The largest absolute Gasteiger partial charge is 0.493 e. The van der Waals surface area contributed by atoms with E-state index in [1.165, 1.54) is 0 Å². The predicted molar refractivity (Wildman–Crippen MR) is 71.4 cm³/mol. The third-order valence-corrected chi connectivity index (χ3v) is 2.81. The summed E-state index contributed by atoms with van der Waals surface area (Å²) < 4.78 is 10.3. The van der Waals surface area contributed by atoms with E-state index in [0.29, 0.717) is 17.1 Å². The third-order valence-electron chi connectivity index (χ3n) is 2.36. The summed E-state index contributed by atoms with van der Waals surface area (Å²) in [6.45, 7) is 3.77. The van der Waals surface area contributed by atoms with Crippen molar-refractivity contribution in [2.45, 2.75) is 25.3 Å². The molecule has 0 heterocycles. The van der Waals surface area contributed by atoms with E-state index < -0.39 is 5.38 Å². The number of ether oxygens (including phenoxy) is 2. The second kappa shape index (κ2) is 6.50. The van der Waals surface area contributed by atoms with E-state index >= 15 is 0 Å². The lowest BCUT2D eigenvalue weighted by Gasteiger charge is -2.15. The number of hydrogen-bond donors (Lipinski definition) is 1. The number of methoxy groups -OCH3 is 2. The minimum atomic E-state index is -0.743. The highest BCUT2D eigenvalue weighted by Crippen LogP contribution is 2.32. The highest BCUT2D eigenvalue weighted by molar-refractivity contribution is 6.30. The Morgan fingerprint density at radius 3 is 2.33 bits per heavy atom. The van der Waals surface area contributed by atoms with Crippen molar-refractivity contribution in [3.63, 3.8) is 0 Å². The number of amides is 1. The molecule has 1 N–H and O–H groups in total. The van der Waals surface area contributed by atoms with Gasteiger partial charge in [0.2, 0.25) is 5.91 Å². The van der Waals surface area contributed by atoms with Crippen molar-refractivity contribution in [3.05, 3.63) is 23.8 Å². The van der Waals surface area contributed by atoms with Gasteiger partial charge < -0.3 is 14.8 Å². The summed E-state index contributed by atoms with van der Waals surface area (Å²) in [4.78, 5) is 11.8. The molecule has 0 aliphatic carbocycles. The lowest BCUT2D eigenvalue weighted by Crippen LogP contribution is -2.32. The zero-order valence-corrected chi connectivity index (χ0v) is 11.7. The maximum Gasteiger partial charge on any atom is 0.242 e. The number of rotatable bonds is 5. The molecule has 0 aliphatic heterocycles. The standard InChI is InChI=1S/C13H18ClNO3/c1-8(2)15-13(16)12(14)9-5-6-10(17-3)11(7-9)18-4/h5-8,12H,1-4H3,(H,15,16). The van der Waals surface area contributed by atoms with E-state index in [-0.39, 0.29) is 11.9 Å². The molecule has 0 saturated heterocycles. The molecule has 1 aromatic carbocycles. The van der Waals surface area contributed by atoms with Crippen molar-refractivity contribution in [1.29, 1.82) is 0 Å². The van der Waals surface area contributed by atoms with Crippen molar-refractivity contribution in [2.24, 2.45) is 0 Å². The number of nitrogens with one attached hydrogen (secondary N) is 1. The van der Waals surface area contributed by atoms with Gasteiger partial charge in [0.25, 0.3) is 0 Å². The molecule has 1 atom stereocenters. The average molecular weight is 272 g/mol. The number of alkyl halides is 1. The normalized spacial score (nSPS) is 12.1. The number of benzene rings is 1. The van der Waals surface area contributed by atoms with Gasteiger partial charge in [0.05, 0.1) is 14.2 Å². The minimum Gasteiger partial charge on any atom is -0.493 e.